The second-order valence-electron chi connectivity index (χ2n) is 5.16. The Bertz CT molecular complexity index is 389. The molecule has 3 nitrogen and oxygen atoms in total. The third-order valence-corrected chi connectivity index (χ3v) is 3.76. The summed E-state index contributed by atoms with van der Waals surface area (Å²) >= 11 is 3.46. The number of halogens is 1. The molecule has 1 saturated heterocycles. The van der Waals surface area contributed by atoms with Crippen molar-refractivity contribution in [2.75, 3.05) is 18.5 Å². The van der Waals surface area contributed by atoms with Crippen molar-refractivity contribution in [3.05, 3.63) is 28.7 Å². The topological polar surface area (TPSA) is 30.5 Å². The zero-order chi connectivity index (χ0) is 13.7. The SMILES string of the molecule is CC1CC(OCCNc2cccc(Br)c2)CC(C)O1. The molecule has 106 valence electrons. The van der Waals surface area contributed by atoms with Gasteiger partial charge in [-0.2, -0.15) is 0 Å². The number of anilines is 1. The van der Waals surface area contributed by atoms with Crippen LogP contribution in [-0.2, 0) is 9.47 Å². The first-order chi connectivity index (χ1) is 9.13. The highest BCUT2D eigenvalue weighted by atomic mass is 79.9. The van der Waals surface area contributed by atoms with E-state index in [9.17, 15) is 0 Å². The van der Waals surface area contributed by atoms with Gasteiger partial charge in [0.1, 0.15) is 0 Å². The highest BCUT2D eigenvalue weighted by Gasteiger charge is 2.24. The number of benzene rings is 1. The Morgan fingerprint density at radius 1 is 1.32 bits per heavy atom. The van der Waals surface area contributed by atoms with Gasteiger partial charge in [-0.1, -0.05) is 22.0 Å². The molecule has 1 N–H and O–H groups in total. The number of rotatable bonds is 5. The minimum atomic E-state index is 0.312. The zero-order valence-electron chi connectivity index (χ0n) is 11.6. The van der Waals surface area contributed by atoms with Crippen molar-refractivity contribution < 1.29 is 9.47 Å². The van der Waals surface area contributed by atoms with Crippen LogP contribution in [0.3, 0.4) is 0 Å². The molecule has 0 aromatic heterocycles. The van der Waals surface area contributed by atoms with Crippen LogP contribution in [0.25, 0.3) is 0 Å². The molecular formula is C15H22BrNO2. The van der Waals surface area contributed by atoms with E-state index in [1.54, 1.807) is 0 Å². The Hall–Kier alpha value is -0.580. The van der Waals surface area contributed by atoms with Crippen LogP contribution in [-0.4, -0.2) is 31.5 Å². The average molecular weight is 328 g/mol. The molecule has 0 aliphatic carbocycles. The predicted octanol–water partition coefficient (Wildman–Crippen LogP) is 3.83. The highest BCUT2D eigenvalue weighted by molar-refractivity contribution is 9.10. The quantitative estimate of drug-likeness (QED) is 0.833. The van der Waals surface area contributed by atoms with Crippen molar-refractivity contribution in [1.29, 1.82) is 0 Å². The number of hydrogen-bond donors (Lipinski definition) is 1. The van der Waals surface area contributed by atoms with Crippen LogP contribution in [0, 0.1) is 0 Å². The summed E-state index contributed by atoms with van der Waals surface area (Å²) in [5.41, 5.74) is 1.12. The van der Waals surface area contributed by atoms with Gasteiger partial charge in [0.2, 0.25) is 0 Å². The third kappa shape index (κ3) is 5.13. The fourth-order valence-corrected chi connectivity index (χ4v) is 2.90. The van der Waals surface area contributed by atoms with Crippen LogP contribution in [0.2, 0.25) is 0 Å². The lowest BCUT2D eigenvalue weighted by Crippen LogP contribution is -2.34. The fraction of sp³-hybridized carbons (Fsp3) is 0.600. The number of hydrogen-bond acceptors (Lipinski definition) is 3. The van der Waals surface area contributed by atoms with E-state index in [2.05, 4.69) is 47.2 Å². The van der Waals surface area contributed by atoms with Crippen molar-refractivity contribution in [2.45, 2.75) is 45.0 Å². The standard InChI is InChI=1S/C15H22BrNO2/c1-11-8-15(9-12(2)19-11)18-7-6-17-14-5-3-4-13(16)10-14/h3-5,10-12,15,17H,6-9H2,1-2H3. The molecule has 0 radical (unpaired) electrons. The van der Waals surface area contributed by atoms with E-state index in [4.69, 9.17) is 9.47 Å². The van der Waals surface area contributed by atoms with Crippen molar-refractivity contribution in [2.24, 2.45) is 0 Å². The molecule has 2 rings (SSSR count). The molecule has 0 saturated carbocycles. The number of nitrogens with one attached hydrogen (secondary N) is 1. The van der Waals surface area contributed by atoms with Gasteiger partial charge in [-0.05, 0) is 44.9 Å². The second-order valence-corrected chi connectivity index (χ2v) is 6.07. The summed E-state index contributed by atoms with van der Waals surface area (Å²) in [5.74, 6) is 0. The summed E-state index contributed by atoms with van der Waals surface area (Å²) < 4.78 is 12.7. The lowest BCUT2D eigenvalue weighted by atomic mass is 10.0. The molecule has 1 aliphatic heterocycles. The van der Waals surface area contributed by atoms with E-state index in [0.717, 1.165) is 36.2 Å². The van der Waals surface area contributed by atoms with Gasteiger partial charge in [0.05, 0.1) is 24.9 Å². The van der Waals surface area contributed by atoms with Gasteiger partial charge in [-0.25, -0.2) is 0 Å². The van der Waals surface area contributed by atoms with Crippen molar-refractivity contribution in [1.82, 2.24) is 0 Å². The van der Waals surface area contributed by atoms with E-state index >= 15 is 0 Å². The van der Waals surface area contributed by atoms with Gasteiger partial charge in [0, 0.05) is 16.7 Å². The largest absolute Gasteiger partial charge is 0.383 e. The Morgan fingerprint density at radius 3 is 2.74 bits per heavy atom. The molecule has 1 fully saturated rings. The summed E-state index contributed by atoms with van der Waals surface area (Å²) in [5, 5.41) is 3.36. The molecule has 4 heteroatoms. The fourth-order valence-electron chi connectivity index (χ4n) is 2.50. The maximum atomic E-state index is 5.92. The Labute approximate surface area is 123 Å². The van der Waals surface area contributed by atoms with Gasteiger partial charge in [-0.15, -0.1) is 0 Å². The Morgan fingerprint density at radius 2 is 2.05 bits per heavy atom. The zero-order valence-corrected chi connectivity index (χ0v) is 13.2. The van der Waals surface area contributed by atoms with Gasteiger partial charge < -0.3 is 14.8 Å². The normalized spacial score (nSPS) is 27.2. The molecule has 1 aromatic carbocycles. The summed E-state index contributed by atoms with van der Waals surface area (Å²) in [6, 6.07) is 8.17. The summed E-state index contributed by atoms with van der Waals surface area (Å²) in [6.45, 7) is 5.80. The van der Waals surface area contributed by atoms with Crippen LogP contribution in [0.1, 0.15) is 26.7 Å². The van der Waals surface area contributed by atoms with Crippen LogP contribution in [0.5, 0.6) is 0 Å². The minimum Gasteiger partial charge on any atom is -0.383 e. The molecule has 1 heterocycles. The third-order valence-electron chi connectivity index (χ3n) is 3.26. The monoisotopic (exact) mass is 327 g/mol. The first kappa shape index (κ1) is 14.8. The van der Waals surface area contributed by atoms with Gasteiger partial charge in [0.15, 0.2) is 0 Å². The molecule has 2 atom stereocenters. The molecule has 1 aromatic rings. The van der Waals surface area contributed by atoms with Crippen LogP contribution in [0.15, 0.2) is 28.7 Å². The van der Waals surface area contributed by atoms with E-state index < -0.39 is 0 Å². The first-order valence-electron chi connectivity index (χ1n) is 6.90. The molecule has 1 aliphatic rings. The van der Waals surface area contributed by atoms with E-state index in [1.807, 2.05) is 12.1 Å². The predicted molar refractivity (Wildman–Crippen MR) is 81.6 cm³/mol. The van der Waals surface area contributed by atoms with Crippen LogP contribution >= 0.6 is 15.9 Å². The van der Waals surface area contributed by atoms with E-state index in [0.29, 0.717) is 18.3 Å². The maximum Gasteiger partial charge on any atom is 0.0642 e. The van der Waals surface area contributed by atoms with Gasteiger partial charge in [0.25, 0.3) is 0 Å². The minimum absolute atomic E-state index is 0.312. The molecule has 0 amide bonds. The second kappa shape index (κ2) is 7.27. The van der Waals surface area contributed by atoms with Crippen molar-refractivity contribution in [3.8, 4) is 0 Å². The van der Waals surface area contributed by atoms with Crippen molar-refractivity contribution in [3.63, 3.8) is 0 Å². The lowest BCUT2D eigenvalue weighted by Gasteiger charge is -2.32. The lowest BCUT2D eigenvalue weighted by molar-refractivity contribution is -0.0998. The van der Waals surface area contributed by atoms with E-state index in [-0.39, 0.29) is 0 Å². The van der Waals surface area contributed by atoms with Gasteiger partial charge in [-0.3, -0.25) is 0 Å². The molecular weight excluding hydrogens is 306 g/mol. The molecule has 19 heavy (non-hydrogen) atoms. The van der Waals surface area contributed by atoms with Gasteiger partial charge >= 0.3 is 0 Å². The first-order valence-corrected chi connectivity index (χ1v) is 7.69. The van der Waals surface area contributed by atoms with E-state index in [1.165, 1.54) is 0 Å². The average Bonchev–Trinajstić information content (AvgIpc) is 2.34. The summed E-state index contributed by atoms with van der Waals surface area (Å²) in [7, 11) is 0. The summed E-state index contributed by atoms with van der Waals surface area (Å²) in [4.78, 5) is 0. The summed E-state index contributed by atoms with van der Waals surface area (Å²) in [6.07, 6.45) is 2.96. The van der Waals surface area contributed by atoms with Crippen LogP contribution in [0.4, 0.5) is 5.69 Å². The highest BCUT2D eigenvalue weighted by Crippen LogP contribution is 2.21. The Balaban J connectivity index is 1.66. The molecule has 0 spiro atoms. The maximum absolute atomic E-state index is 5.92. The number of ether oxygens (including phenoxy) is 2. The molecule has 0 bridgehead atoms. The molecule has 2 unspecified atom stereocenters. The van der Waals surface area contributed by atoms with Crippen LogP contribution < -0.4 is 5.32 Å². The van der Waals surface area contributed by atoms with Crippen molar-refractivity contribution >= 4 is 21.6 Å². The Kier molecular flexibility index (Phi) is 5.67. The smallest absolute Gasteiger partial charge is 0.0642 e.